The SMILES string of the molecule is CN(C)c1ccc(N)cc1S(=O)(=O)CCOS(=O)(=O)O. The maximum absolute atomic E-state index is 12.2. The van der Waals surface area contributed by atoms with Crippen molar-refractivity contribution < 1.29 is 25.6 Å². The minimum absolute atomic E-state index is 0.0264. The second-order valence-electron chi connectivity index (χ2n) is 4.19. The van der Waals surface area contributed by atoms with Gasteiger partial charge in [0.2, 0.25) is 0 Å². The second-order valence-corrected chi connectivity index (χ2v) is 7.36. The Balaban J connectivity index is 3.06. The zero-order valence-electron chi connectivity index (χ0n) is 11.0. The first-order valence-corrected chi connectivity index (χ1v) is 8.46. The molecule has 0 radical (unpaired) electrons. The Kier molecular flexibility index (Phi) is 4.97. The maximum Gasteiger partial charge on any atom is 0.397 e. The Labute approximate surface area is 118 Å². The first-order valence-electron chi connectivity index (χ1n) is 5.44. The second kappa shape index (κ2) is 5.95. The van der Waals surface area contributed by atoms with E-state index in [1.54, 1.807) is 31.1 Å². The average Bonchev–Trinajstić information content (AvgIpc) is 2.26. The van der Waals surface area contributed by atoms with Crippen LogP contribution in [0, 0.1) is 0 Å². The van der Waals surface area contributed by atoms with Crippen molar-refractivity contribution in [1.29, 1.82) is 0 Å². The first-order chi connectivity index (χ1) is 9.03. The van der Waals surface area contributed by atoms with E-state index in [0.29, 0.717) is 5.69 Å². The molecule has 1 rings (SSSR count). The van der Waals surface area contributed by atoms with Crippen molar-refractivity contribution >= 4 is 31.6 Å². The molecule has 0 aliphatic carbocycles. The molecule has 0 aromatic heterocycles. The Hall–Kier alpha value is -1.36. The Morgan fingerprint density at radius 2 is 1.85 bits per heavy atom. The first kappa shape index (κ1) is 16.7. The smallest absolute Gasteiger partial charge is 0.397 e. The zero-order valence-corrected chi connectivity index (χ0v) is 12.6. The van der Waals surface area contributed by atoms with Crippen LogP contribution < -0.4 is 10.6 Å². The Bertz CT molecular complexity index is 682. The van der Waals surface area contributed by atoms with Gasteiger partial charge in [-0.15, -0.1) is 0 Å². The third-order valence-corrected chi connectivity index (χ3v) is 4.55. The van der Waals surface area contributed by atoms with Gasteiger partial charge in [-0.1, -0.05) is 0 Å². The summed E-state index contributed by atoms with van der Waals surface area (Å²) in [7, 11) is -5.13. The van der Waals surface area contributed by atoms with Crippen LogP contribution in [0.15, 0.2) is 23.1 Å². The normalized spacial score (nSPS) is 12.3. The van der Waals surface area contributed by atoms with E-state index in [1.165, 1.54) is 6.07 Å². The fourth-order valence-corrected chi connectivity index (χ4v) is 3.32. The van der Waals surface area contributed by atoms with E-state index in [-0.39, 0.29) is 10.6 Å². The summed E-state index contributed by atoms with van der Waals surface area (Å²) < 4.78 is 57.5. The van der Waals surface area contributed by atoms with E-state index in [9.17, 15) is 16.8 Å². The quantitative estimate of drug-likeness (QED) is 0.550. The van der Waals surface area contributed by atoms with Crippen molar-refractivity contribution in [3.8, 4) is 0 Å². The molecule has 0 saturated carbocycles. The number of nitrogen functional groups attached to an aromatic ring is 1. The molecular weight excluding hydrogens is 308 g/mol. The van der Waals surface area contributed by atoms with Crippen LogP contribution in [0.4, 0.5) is 11.4 Å². The summed E-state index contributed by atoms with van der Waals surface area (Å²) in [5, 5.41) is 0. The third-order valence-electron chi connectivity index (χ3n) is 2.39. The Morgan fingerprint density at radius 3 is 2.35 bits per heavy atom. The van der Waals surface area contributed by atoms with Gasteiger partial charge < -0.3 is 10.6 Å². The summed E-state index contributed by atoms with van der Waals surface area (Å²) >= 11 is 0. The van der Waals surface area contributed by atoms with Crippen LogP contribution in [-0.4, -0.2) is 47.8 Å². The van der Waals surface area contributed by atoms with Crippen molar-refractivity contribution in [3.05, 3.63) is 18.2 Å². The molecule has 0 unspecified atom stereocenters. The molecular formula is C10H16N2O6S2. The highest BCUT2D eigenvalue weighted by Crippen LogP contribution is 2.27. The van der Waals surface area contributed by atoms with Gasteiger partial charge in [-0.3, -0.25) is 4.55 Å². The van der Waals surface area contributed by atoms with Gasteiger partial charge in [-0.05, 0) is 18.2 Å². The number of hydrogen-bond acceptors (Lipinski definition) is 7. The van der Waals surface area contributed by atoms with E-state index < -0.39 is 32.6 Å². The number of anilines is 2. The lowest BCUT2D eigenvalue weighted by atomic mass is 10.3. The van der Waals surface area contributed by atoms with Crippen LogP contribution in [-0.2, 0) is 24.4 Å². The maximum atomic E-state index is 12.2. The minimum atomic E-state index is -4.66. The molecule has 8 nitrogen and oxygen atoms in total. The number of sulfone groups is 1. The van der Waals surface area contributed by atoms with Gasteiger partial charge in [0.25, 0.3) is 0 Å². The largest absolute Gasteiger partial charge is 0.399 e. The summed E-state index contributed by atoms with van der Waals surface area (Å²) in [4.78, 5) is 1.57. The molecule has 0 aliphatic heterocycles. The predicted octanol–water partition coefficient (Wildman–Crippen LogP) is -0.0721. The number of rotatable bonds is 6. The molecule has 1 aromatic rings. The molecule has 0 aliphatic rings. The molecule has 0 spiro atoms. The van der Waals surface area contributed by atoms with Crippen LogP contribution >= 0.6 is 0 Å². The molecule has 0 fully saturated rings. The zero-order chi connectivity index (χ0) is 15.6. The molecule has 0 amide bonds. The van der Waals surface area contributed by atoms with Gasteiger partial charge in [-0.2, -0.15) is 8.42 Å². The van der Waals surface area contributed by atoms with E-state index in [2.05, 4.69) is 4.18 Å². The van der Waals surface area contributed by atoms with Crippen molar-refractivity contribution in [2.75, 3.05) is 37.1 Å². The van der Waals surface area contributed by atoms with Gasteiger partial charge in [0.05, 0.1) is 22.9 Å². The lowest BCUT2D eigenvalue weighted by Crippen LogP contribution is -2.19. The highest BCUT2D eigenvalue weighted by molar-refractivity contribution is 7.91. The van der Waals surface area contributed by atoms with E-state index >= 15 is 0 Å². The summed E-state index contributed by atoms with van der Waals surface area (Å²) in [6, 6.07) is 4.40. The van der Waals surface area contributed by atoms with Crippen LogP contribution in [0.3, 0.4) is 0 Å². The summed E-state index contributed by atoms with van der Waals surface area (Å²) in [6.45, 7) is -0.678. The molecule has 0 atom stereocenters. The van der Waals surface area contributed by atoms with E-state index in [4.69, 9.17) is 10.3 Å². The molecule has 10 heteroatoms. The van der Waals surface area contributed by atoms with Crippen molar-refractivity contribution in [2.24, 2.45) is 0 Å². The van der Waals surface area contributed by atoms with Gasteiger partial charge >= 0.3 is 10.4 Å². The lowest BCUT2D eigenvalue weighted by molar-refractivity contribution is 0.284. The lowest BCUT2D eigenvalue weighted by Gasteiger charge is -2.17. The summed E-state index contributed by atoms with van der Waals surface area (Å²) in [6.07, 6.45) is 0. The summed E-state index contributed by atoms with van der Waals surface area (Å²) in [5.41, 5.74) is 6.26. The standard InChI is InChI=1S/C10H16N2O6S2/c1-12(2)9-4-3-8(11)7-10(9)19(13,14)6-5-18-20(15,16)17/h3-4,7H,5-6,11H2,1-2H3,(H,15,16,17). The fourth-order valence-electron chi connectivity index (χ4n) is 1.51. The molecule has 1 aromatic carbocycles. The van der Waals surface area contributed by atoms with Crippen LogP contribution in [0.1, 0.15) is 0 Å². The van der Waals surface area contributed by atoms with Gasteiger partial charge in [0.15, 0.2) is 9.84 Å². The highest BCUT2D eigenvalue weighted by atomic mass is 32.3. The Morgan fingerprint density at radius 1 is 1.25 bits per heavy atom. The molecule has 20 heavy (non-hydrogen) atoms. The number of hydrogen-bond donors (Lipinski definition) is 2. The van der Waals surface area contributed by atoms with Crippen molar-refractivity contribution in [3.63, 3.8) is 0 Å². The van der Waals surface area contributed by atoms with E-state index in [0.717, 1.165) is 0 Å². The van der Waals surface area contributed by atoms with Gasteiger partial charge in [0, 0.05) is 19.8 Å². The molecule has 0 heterocycles. The van der Waals surface area contributed by atoms with Crippen LogP contribution in [0.2, 0.25) is 0 Å². The van der Waals surface area contributed by atoms with Crippen molar-refractivity contribution in [2.45, 2.75) is 4.90 Å². The topological polar surface area (TPSA) is 127 Å². The highest BCUT2D eigenvalue weighted by Gasteiger charge is 2.21. The number of benzene rings is 1. The third kappa shape index (κ3) is 4.63. The average molecular weight is 324 g/mol. The number of nitrogens with two attached hydrogens (primary N) is 1. The predicted molar refractivity (Wildman–Crippen MR) is 74.7 cm³/mol. The van der Waals surface area contributed by atoms with Crippen LogP contribution in [0.5, 0.6) is 0 Å². The number of nitrogens with zero attached hydrogens (tertiary/aromatic N) is 1. The van der Waals surface area contributed by atoms with Crippen LogP contribution in [0.25, 0.3) is 0 Å². The summed E-state index contributed by atoms with van der Waals surface area (Å²) in [5.74, 6) is -0.600. The monoisotopic (exact) mass is 324 g/mol. The molecule has 0 saturated heterocycles. The minimum Gasteiger partial charge on any atom is -0.399 e. The molecule has 0 bridgehead atoms. The van der Waals surface area contributed by atoms with Gasteiger partial charge in [0.1, 0.15) is 0 Å². The molecule has 3 N–H and O–H groups in total. The van der Waals surface area contributed by atoms with Gasteiger partial charge in [-0.25, -0.2) is 12.6 Å². The fraction of sp³-hybridized carbons (Fsp3) is 0.400. The molecule has 114 valence electrons. The van der Waals surface area contributed by atoms with E-state index in [1.807, 2.05) is 0 Å². The van der Waals surface area contributed by atoms with Crippen molar-refractivity contribution in [1.82, 2.24) is 0 Å².